The summed E-state index contributed by atoms with van der Waals surface area (Å²) in [5, 5.41) is 4.78. The molecule has 0 fully saturated rings. The Bertz CT molecular complexity index is 1190. The molecule has 0 aliphatic carbocycles. The number of halogens is 1. The highest BCUT2D eigenvalue weighted by atomic mass is 19.1. The number of rotatable bonds is 7. The number of pyridine rings is 1. The minimum atomic E-state index is -0.314. The van der Waals surface area contributed by atoms with Gasteiger partial charge in [0.25, 0.3) is 5.91 Å². The monoisotopic (exact) mass is 428 g/mol. The molecule has 2 aromatic carbocycles. The number of amides is 1. The molecule has 0 aliphatic rings. The largest absolute Gasteiger partial charge is 0.333 e. The quantitative estimate of drug-likeness (QED) is 0.394. The van der Waals surface area contributed by atoms with Gasteiger partial charge in [0.05, 0.1) is 0 Å². The normalized spacial score (nSPS) is 10.8. The van der Waals surface area contributed by atoms with E-state index in [1.807, 2.05) is 61.2 Å². The van der Waals surface area contributed by atoms with E-state index in [9.17, 15) is 9.18 Å². The minimum absolute atomic E-state index is 0.0918. The van der Waals surface area contributed by atoms with Crippen molar-refractivity contribution in [2.75, 3.05) is 6.54 Å². The average Bonchev–Trinajstić information content (AvgIpc) is 3.23. The third-order valence-corrected chi connectivity index (χ3v) is 5.43. The van der Waals surface area contributed by atoms with Crippen molar-refractivity contribution in [2.24, 2.45) is 0 Å². The summed E-state index contributed by atoms with van der Waals surface area (Å²) in [7, 11) is 0. The lowest BCUT2D eigenvalue weighted by Crippen LogP contribution is -2.32. The van der Waals surface area contributed by atoms with Crippen molar-refractivity contribution >= 4 is 5.91 Å². The maximum absolute atomic E-state index is 13.8. The molecular weight excluding hydrogens is 403 g/mol. The van der Waals surface area contributed by atoms with E-state index in [0.717, 1.165) is 22.3 Å². The van der Waals surface area contributed by atoms with Crippen molar-refractivity contribution in [1.82, 2.24) is 19.7 Å². The van der Waals surface area contributed by atoms with E-state index >= 15 is 0 Å². The van der Waals surface area contributed by atoms with Gasteiger partial charge in [-0.25, -0.2) is 4.39 Å². The number of carbonyl (C=O) groups is 1. The van der Waals surface area contributed by atoms with Crippen molar-refractivity contribution < 1.29 is 9.18 Å². The van der Waals surface area contributed by atoms with Crippen LogP contribution in [-0.2, 0) is 13.1 Å². The highest BCUT2D eigenvalue weighted by Gasteiger charge is 2.28. The number of hydrogen-bond donors (Lipinski definition) is 0. The van der Waals surface area contributed by atoms with Gasteiger partial charge in [-0.05, 0) is 61.4 Å². The van der Waals surface area contributed by atoms with Gasteiger partial charge in [-0.2, -0.15) is 5.10 Å². The third-order valence-electron chi connectivity index (χ3n) is 5.43. The molecule has 162 valence electrons. The van der Waals surface area contributed by atoms with Gasteiger partial charge in [-0.1, -0.05) is 30.3 Å². The Kier molecular flexibility index (Phi) is 6.40. The predicted molar refractivity (Wildman–Crippen MR) is 123 cm³/mol. The molecular formula is C26H25FN4O. The minimum Gasteiger partial charge on any atom is -0.333 e. The van der Waals surface area contributed by atoms with Gasteiger partial charge in [-0.15, -0.1) is 0 Å². The van der Waals surface area contributed by atoms with Gasteiger partial charge in [0.1, 0.15) is 17.2 Å². The molecule has 0 bridgehead atoms. The summed E-state index contributed by atoms with van der Waals surface area (Å²) < 4.78 is 15.3. The van der Waals surface area contributed by atoms with Crippen LogP contribution in [0.4, 0.5) is 4.39 Å². The fraction of sp³-hybridized carbons (Fsp3) is 0.192. The zero-order chi connectivity index (χ0) is 22.5. The second-order valence-corrected chi connectivity index (χ2v) is 7.44. The summed E-state index contributed by atoms with van der Waals surface area (Å²) in [6, 6.07) is 19.9. The van der Waals surface area contributed by atoms with Crippen molar-refractivity contribution in [3.8, 4) is 22.4 Å². The highest BCUT2D eigenvalue weighted by Crippen LogP contribution is 2.35. The topological polar surface area (TPSA) is 51.0 Å². The Morgan fingerprint density at radius 3 is 2.25 bits per heavy atom. The van der Waals surface area contributed by atoms with Crippen LogP contribution in [0.15, 0.2) is 79.1 Å². The molecule has 4 rings (SSSR count). The van der Waals surface area contributed by atoms with Crippen molar-refractivity contribution in [2.45, 2.75) is 26.9 Å². The van der Waals surface area contributed by atoms with Crippen LogP contribution in [0.5, 0.6) is 0 Å². The molecule has 6 heteroatoms. The van der Waals surface area contributed by atoms with Crippen LogP contribution in [-0.4, -0.2) is 32.1 Å². The van der Waals surface area contributed by atoms with Crippen molar-refractivity contribution in [3.05, 3.63) is 96.2 Å². The molecule has 0 aliphatic heterocycles. The van der Waals surface area contributed by atoms with Crippen LogP contribution in [0.2, 0.25) is 0 Å². The lowest BCUT2D eigenvalue weighted by atomic mass is 9.99. The molecule has 0 saturated heterocycles. The summed E-state index contributed by atoms with van der Waals surface area (Å²) in [4.78, 5) is 19.8. The maximum Gasteiger partial charge on any atom is 0.273 e. The van der Waals surface area contributed by atoms with Crippen LogP contribution in [0.3, 0.4) is 0 Å². The first-order valence-corrected chi connectivity index (χ1v) is 10.7. The van der Waals surface area contributed by atoms with Gasteiger partial charge in [0.2, 0.25) is 0 Å². The highest BCUT2D eigenvalue weighted by molar-refractivity contribution is 6.03. The summed E-state index contributed by atoms with van der Waals surface area (Å²) in [5.74, 6) is -0.406. The molecule has 4 aromatic rings. The molecule has 1 amide bonds. The number of hydrogen-bond acceptors (Lipinski definition) is 3. The van der Waals surface area contributed by atoms with E-state index in [1.165, 1.54) is 12.1 Å². The number of benzene rings is 2. The molecule has 2 heterocycles. The summed E-state index contributed by atoms with van der Waals surface area (Å²) in [5.41, 5.74) is 4.57. The lowest BCUT2D eigenvalue weighted by molar-refractivity contribution is 0.0741. The predicted octanol–water partition coefficient (Wildman–Crippen LogP) is 5.43. The van der Waals surface area contributed by atoms with Crippen molar-refractivity contribution in [1.29, 1.82) is 0 Å². The Hall–Kier alpha value is -3.80. The molecule has 0 radical (unpaired) electrons. The molecule has 0 atom stereocenters. The molecule has 2 aromatic heterocycles. The summed E-state index contributed by atoms with van der Waals surface area (Å²) in [6.45, 7) is 5.53. The number of aromatic nitrogens is 3. The van der Waals surface area contributed by atoms with Crippen molar-refractivity contribution in [3.63, 3.8) is 0 Å². The fourth-order valence-corrected chi connectivity index (χ4v) is 3.79. The molecule has 0 unspecified atom stereocenters. The Balaban J connectivity index is 1.86. The van der Waals surface area contributed by atoms with E-state index in [2.05, 4.69) is 4.98 Å². The second kappa shape index (κ2) is 9.56. The van der Waals surface area contributed by atoms with E-state index in [-0.39, 0.29) is 11.7 Å². The maximum atomic E-state index is 13.8. The van der Waals surface area contributed by atoms with Crippen LogP contribution in [0, 0.1) is 5.82 Å². The summed E-state index contributed by atoms with van der Waals surface area (Å²) >= 11 is 0. The Morgan fingerprint density at radius 2 is 1.62 bits per heavy atom. The smallest absolute Gasteiger partial charge is 0.273 e. The van der Waals surface area contributed by atoms with E-state index in [4.69, 9.17) is 5.10 Å². The molecule has 0 spiro atoms. The van der Waals surface area contributed by atoms with Gasteiger partial charge in [-0.3, -0.25) is 14.5 Å². The number of aryl methyl sites for hydroxylation is 1. The van der Waals surface area contributed by atoms with Crippen LogP contribution < -0.4 is 0 Å². The van der Waals surface area contributed by atoms with E-state index in [0.29, 0.717) is 31.0 Å². The zero-order valence-electron chi connectivity index (χ0n) is 18.2. The van der Waals surface area contributed by atoms with Gasteiger partial charge >= 0.3 is 0 Å². The van der Waals surface area contributed by atoms with E-state index in [1.54, 1.807) is 29.2 Å². The first-order valence-electron chi connectivity index (χ1n) is 10.7. The average molecular weight is 429 g/mol. The first kappa shape index (κ1) is 21.4. The van der Waals surface area contributed by atoms with Crippen LogP contribution in [0.1, 0.15) is 29.9 Å². The standard InChI is InChI=1S/C26H25FN4O/c1-3-30(18-19-8-6-5-7-9-19)26(32)25-23(20-14-16-28-17-15-20)24(29-31(25)4-2)21-10-12-22(27)13-11-21/h5-17H,3-4,18H2,1-2H3. The van der Waals surface area contributed by atoms with Gasteiger partial charge in [0, 0.05) is 43.2 Å². The molecule has 0 saturated carbocycles. The zero-order valence-corrected chi connectivity index (χ0v) is 18.2. The van der Waals surface area contributed by atoms with Crippen LogP contribution in [0.25, 0.3) is 22.4 Å². The lowest BCUT2D eigenvalue weighted by Gasteiger charge is -2.22. The molecule has 32 heavy (non-hydrogen) atoms. The van der Waals surface area contributed by atoms with E-state index < -0.39 is 0 Å². The molecule has 0 N–H and O–H groups in total. The SMILES string of the molecule is CCN(Cc1ccccc1)C(=O)c1c(-c2ccncc2)c(-c2ccc(F)cc2)nn1CC. The number of nitrogens with zero attached hydrogens (tertiary/aromatic N) is 4. The molecule has 5 nitrogen and oxygen atoms in total. The Morgan fingerprint density at radius 1 is 0.938 bits per heavy atom. The Labute approximate surface area is 187 Å². The summed E-state index contributed by atoms with van der Waals surface area (Å²) in [6.07, 6.45) is 3.39. The second-order valence-electron chi connectivity index (χ2n) is 7.44. The van der Waals surface area contributed by atoms with Crippen LogP contribution >= 0.6 is 0 Å². The number of carbonyl (C=O) groups excluding carboxylic acids is 1. The van der Waals surface area contributed by atoms with Gasteiger partial charge < -0.3 is 4.90 Å². The third kappa shape index (κ3) is 4.30. The first-order chi connectivity index (χ1) is 15.6. The van der Waals surface area contributed by atoms with Gasteiger partial charge in [0.15, 0.2) is 0 Å². The fourth-order valence-electron chi connectivity index (χ4n) is 3.79.